The normalized spacial score (nSPS) is 16.5. The quantitative estimate of drug-likeness (QED) is 0.482. The first kappa shape index (κ1) is 15.8. The van der Waals surface area contributed by atoms with Crippen molar-refractivity contribution in [2.24, 2.45) is 21.7 Å². The minimum atomic E-state index is -3.46. The molecule has 3 rings (SSSR count). The van der Waals surface area contributed by atoms with E-state index >= 15 is 0 Å². The Hall–Kier alpha value is -2.06. The van der Waals surface area contributed by atoms with Crippen molar-refractivity contribution >= 4 is 44.2 Å². The van der Waals surface area contributed by atoms with Crippen molar-refractivity contribution in [1.29, 1.82) is 0 Å². The number of hydrogen-bond acceptors (Lipinski definition) is 4. The number of guanidine groups is 1. The maximum absolute atomic E-state index is 12.3. The van der Waals surface area contributed by atoms with Gasteiger partial charge in [0.2, 0.25) is 16.0 Å². The molecule has 0 saturated heterocycles. The van der Waals surface area contributed by atoms with Crippen LogP contribution < -0.4 is 11.5 Å². The summed E-state index contributed by atoms with van der Waals surface area (Å²) in [4.78, 5) is 0. The fraction of sp³-hybridized carbons (Fsp3) is 0.286. The molecule has 0 saturated carbocycles. The van der Waals surface area contributed by atoms with Gasteiger partial charge >= 0.3 is 0 Å². The number of nitrogens with two attached hydrogens (primary N) is 2. The highest BCUT2D eigenvalue weighted by Crippen LogP contribution is 2.35. The van der Waals surface area contributed by atoms with Crippen LogP contribution in [0.4, 0.5) is 0 Å². The van der Waals surface area contributed by atoms with Crippen LogP contribution in [0.1, 0.15) is 24.1 Å². The number of rotatable bonds is 2. The standard InChI is InChI=1S/C14H16ClN5O2S/c1-23(21,22)20-11-6-5-8(15)7-9(11)13-10(18-19-14(16)17)3-2-4-12(13)20/h5-7H,2-4H2,1H3,(H4,16,17,19)/b18-10+. The Morgan fingerprint density at radius 2 is 2.04 bits per heavy atom. The van der Waals surface area contributed by atoms with Gasteiger partial charge in [-0.3, -0.25) is 0 Å². The Morgan fingerprint density at radius 1 is 1.30 bits per heavy atom. The van der Waals surface area contributed by atoms with Gasteiger partial charge in [0.05, 0.1) is 17.5 Å². The zero-order valence-electron chi connectivity index (χ0n) is 12.5. The van der Waals surface area contributed by atoms with E-state index in [4.69, 9.17) is 23.1 Å². The molecule has 0 spiro atoms. The zero-order chi connectivity index (χ0) is 16.8. The summed E-state index contributed by atoms with van der Waals surface area (Å²) in [7, 11) is -3.46. The average molecular weight is 354 g/mol. The van der Waals surface area contributed by atoms with Crippen molar-refractivity contribution in [2.75, 3.05) is 6.26 Å². The molecule has 0 unspecified atom stereocenters. The summed E-state index contributed by atoms with van der Waals surface area (Å²) in [5.41, 5.74) is 13.4. The van der Waals surface area contributed by atoms with Crippen LogP contribution in [-0.4, -0.2) is 30.3 Å². The number of hydrogen-bond donors (Lipinski definition) is 2. The molecular formula is C14H16ClN5O2S. The second-order valence-electron chi connectivity index (χ2n) is 5.44. The van der Waals surface area contributed by atoms with Gasteiger partial charge in [-0.15, -0.1) is 5.10 Å². The summed E-state index contributed by atoms with van der Waals surface area (Å²) in [6.07, 6.45) is 3.25. The lowest BCUT2D eigenvalue weighted by Crippen LogP contribution is -2.22. The van der Waals surface area contributed by atoms with Crippen molar-refractivity contribution in [3.05, 3.63) is 34.5 Å². The number of fused-ring (bicyclic) bond motifs is 3. The second kappa shape index (κ2) is 5.54. The van der Waals surface area contributed by atoms with Crippen molar-refractivity contribution in [3.63, 3.8) is 0 Å². The van der Waals surface area contributed by atoms with Crippen LogP contribution in [0.3, 0.4) is 0 Å². The summed E-state index contributed by atoms with van der Waals surface area (Å²) >= 11 is 6.09. The molecule has 7 nitrogen and oxygen atoms in total. The lowest BCUT2D eigenvalue weighted by molar-refractivity contribution is 0.592. The Morgan fingerprint density at radius 3 is 2.70 bits per heavy atom. The van der Waals surface area contributed by atoms with E-state index in [1.54, 1.807) is 18.2 Å². The first-order chi connectivity index (χ1) is 10.8. The molecule has 0 atom stereocenters. The smallest absolute Gasteiger partial charge is 0.236 e. The molecule has 0 bridgehead atoms. The fourth-order valence-corrected chi connectivity index (χ4v) is 4.25. The molecule has 23 heavy (non-hydrogen) atoms. The molecule has 1 aliphatic carbocycles. The maximum Gasteiger partial charge on any atom is 0.236 e. The lowest BCUT2D eigenvalue weighted by Gasteiger charge is -2.16. The van der Waals surface area contributed by atoms with Gasteiger partial charge in [0.15, 0.2) is 0 Å². The highest BCUT2D eigenvalue weighted by molar-refractivity contribution is 7.89. The number of halogens is 1. The summed E-state index contributed by atoms with van der Waals surface area (Å²) < 4.78 is 25.9. The molecule has 0 radical (unpaired) electrons. The first-order valence-electron chi connectivity index (χ1n) is 6.98. The van der Waals surface area contributed by atoms with Gasteiger partial charge in [-0.2, -0.15) is 5.10 Å². The van der Waals surface area contributed by atoms with E-state index in [-0.39, 0.29) is 5.96 Å². The Bertz CT molecular complexity index is 955. The fourth-order valence-electron chi connectivity index (χ4n) is 2.98. The molecule has 1 aromatic heterocycles. The zero-order valence-corrected chi connectivity index (χ0v) is 14.0. The van der Waals surface area contributed by atoms with Crippen LogP contribution >= 0.6 is 11.6 Å². The molecule has 0 amide bonds. The predicted molar refractivity (Wildman–Crippen MR) is 92.5 cm³/mol. The Labute approximate surface area is 138 Å². The van der Waals surface area contributed by atoms with E-state index in [2.05, 4.69) is 10.2 Å². The molecule has 1 heterocycles. The van der Waals surface area contributed by atoms with Crippen molar-refractivity contribution in [1.82, 2.24) is 3.97 Å². The molecule has 9 heteroatoms. The van der Waals surface area contributed by atoms with Gasteiger partial charge in [0.1, 0.15) is 0 Å². The monoisotopic (exact) mass is 353 g/mol. The summed E-state index contributed by atoms with van der Waals surface area (Å²) in [6, 6.07) is 5.12. The summed E-state index contributed by atoms with van der Waals surface area (Å²) in [5, 5.41) is 9.08. The van der Waals surface area contributed by atoms with Gasteiger partial charge in [-0.05, 0) is 37.5 Å². The largest absolute Gasteiger partial charge is 0.369 e. The van der Waals surface area contributed by atoms with Crippen molar-refractivity contribution < 1.29 is 8.42 Å². The van der Waals surface area contributed by atoms with Crippen LogP contribution in [0, 0.1) is 0 Å². The number of aromatic nitrogens is 1. The van der Waals surface area contributed by atoms with Gasteiger partial charge in [-0.25, -0.2) is 12.4 Å². The molecule has 122 valence electrons. The molecule has 0 aliphatic heterocycles. The summed E-state index contributed by atoms with van der Waals surface area (Å²) in [5.74, 6) is -0.144. The van der Waals surface area contributed by atoms with E-state index in [0.29, 0.717) is 34.8 Å². The molecule has 1 aromatic carbocycles. The van der Waals surface area contributed by atoms with E-state index in [1.165, 1.54) is 10.2 Å². The molecule has 2 aromatic rings. The Balaban J connectivity index is 2.42. The SMILES string of the molecule is CS(=O)(=O)n1c2c(c3cc(Cl)ccc31)/C(=N/N=C(N)N)CCC2. The van der Waals surface area contributed by atoms with Gasteiger partial charge in [0.25, 0.3) is 0 Å². The van der Waals surface area contributed by atoms with E-state index in [1.807, 2.05) is 0 Å². The van der Waals surface area contributed by atoms with Crippen LogP contribution in [0.25, 0.3) is 10.9 Å². The van der Waals surface area contributed by atoms with Crippen LogP contribution in [0.2, 0.25) is 5.02 Å². The molecule has 4 N–H and O–H groups in total. The van der Waals surface area contributed by atoms with Gasteiger partial charge in [-0.1, -0.05) is 11.6 Å². The third-order valence-electron chi connectivity index (χ3n) is 3.71. The van der Waals surface area contributed by atoms with E-state index < -0.39 is 10.0 Å². The van der Waals surface area contributed by atoms with Crippen LogP contribution in [-0.2, 0) is 16.4 Å². The second-order valence-corrected chi connectivity index (χ2v) is 7.70. The van der Waals surface area contributed by atoms with Crippen LogP contribution in [0.15, 0.2) is 28.4 Å². The molecular weight excluding hydrogens is 338 g/mol. The van der Waals surface area contributed by atoms with Crippen molar-refractivity contribution in [3.8, 4) is 0 Å². The third kappa shape index (κ3) is 2.79. The van der Waals surface area contributed by atoms with E-state index in [9.17, 15) is 8.42 Å². The number of benzene rings is 1. The lowest BCUT2D eigenvalue weighted by atomic mass is 9.94. The Kier molecular flexibility index (Phi) is 3.81. The number of nitrogens with zero attached hydrogens (tertiary/aromatic N) is 3. The molecule has 1 aliphatic rings. The predicted octanol–water partition coefficient (Wildman–Crippen LogP) is 1.42. The van der Waals surface area contributed by atoms with Gasteiger partial charge < -0.3 is 11.5 Å². The average Bonchev–Trinajstić information content (AvgIpc) is 2.79. The minimum Gasteiger partial charge on any atom is -0.369 e. The first-order valence-corrected chi connectivity index (χ1v) is 9.21. The minimum absolute atomic E-state index is 0.144. The third-order valence-corrected chi connectivity index (χ3v) is 5.03. The van der Waals surface area contributed by atoms with Crippen LogP contribution in [0.5, 0.6) is 0 Å². The maximum atomic E-state index is 12.3. The topological polar surface area (TPSA) is 116 Å². The molecule has 0 fully saturated rings. The van der Waals surface area contributed by atoms with E-state index in [0.717, 1.165) is 17.4 Å². The highest BCUT2D eigenvalue weighted by Gasteiger charge is 2.28. The highest BCUT2D eigenvalue weighted by atomic mass is 35.5. The van der Waals surface area contributed by atoms with Gasteiger partial charge in [0, 0.05) is 21.7 Å². The van der Waals surface area contributed by atoms with Crippen molar-refractivity contribution in [2.45, 2.75) is 19.3 Å². The summed E-state index contributed by atoms with van der Waals surface area (Å²) in [6.45, 7) is 0.